The van der Waals surface area contributed by atoms with Crippen LogP contribution < -0.4 is 5.73 Å². The van der Waals surface area contributed by atoms with Crippen LogP contribution in [-0.4, -0.2) is 11.0 Å². The molecule has 1 heterocycles. The van der Waals surface area contributed by atoms with E-state index in [9.17, 15) is 0 Å². The van der Waals surface area contributed by atoms with Gasteiger partial charge in [0.15, 0.2) is 0 Å². The number of nitrogens with two attached hydrogens (primary N) is 1. The van der Waals surface area contributed by atoms with Gasteiger partial charge in [-0.25, -0.2) is 4.98 Å². The highest BCUT2D eigenvalue weighted by molar-refractivity contribution is 7.09. The summed E-state index contributed by atoms with van der Waals surface area (Å²) in [4.78, 5) is 4.75. The Morgan fingerprint density at radius 2 is 2.12 bits per heavy atom. The lowest BCUT2D eigenvalue weighted by Gasteiger charge is -2.13. The molecular weight excluding hydrogens is 216 g/mol. The van der Waals surface area contributed by atoms with Crippen LogP contribution in [-0.2, 0) is 6.42 Å². The van der Waals surface area contributed by atoms with Crippen molar-refractivity contribution in [2.75, 3.05) is 0 Å². The molecule has 1 atom stereocenters. The smallest absolute Gasteiger partial charge is 0.0959 e. The molecule has 90 valence electrons. The van der Waals surface area contributed by atoms with Crippen molar-refractivity contribution in [1.82, 2.24) is 4.98 Å². The number of hydrogen-bond donors (Lipinski definition) is 1. The van der Waals surface area contributed by atoms with Crippen molar-refractivity contribution in [3.8, 4) is 0 Å². The molecule has 0 amide bonds. The van der Waals surface area contributed by atoms with E-state index in [0.29, 0.717) is 5.92 Å². The predicted octanol–water partition coefficient (Wildman–Crippen LogP) is 3.33. The van der Waals surface area contributed by atoms with Gasteiger partial charge in [0.25, 0.3) is 0 Å². The van der Waals surface area contributed by atoms with Gasteiger partial charge in [0.2, 0.25) is 0 Å². The van der Waals surface area contributed by atoms with Crippen molar-refractivity contribution in [2.45, 2.75) is 57.9 Å². The van der Waals surface area contributed by atoms with Crippen LogP contribution in [0.5, 0.6) is 0 Å². The van der Waals surface area contributed by atoms with E-state index in [-0.39, 0.29) is 6.04 Å². The SMILES string of the molecule is CC(C)C(N)Cc1csc(C2CCCC2)n1. The van der Waals surface area contributed by atoms with Crippen molar-refractivity contribution in [3.63, 3.8) is 0 Å². The third-order valence-electron chi connectivity index (χ3n) is 3.58. The van der Waals surface area contributed by atoms with E-state index in [0.717, 1.165) is 12.3 Å². The normalized spacial score (nSPS) is 19.5. The first-order valence-corrected chi connectivity index (χ1v) is 7.24. The zero-order chi connectivity index (χ0) is 11.5. The summed E-state index contributed by atoms with van der Waals surface area (Å²) in [5.41, 5.74) is 7.28. The number of thiazole rings is 1. The van der Waals surface area contributed by atoms with Gasteiger partial charge >= 0.3 is 0 Å². The summed E-state index contributed by atoms with van der Waals surface area (Å²) in [6.07, 6.45) is 6.36. The van der Waals surface area contributed by atoms with Crippen LogP contribution in [0.3, 0.4) is 0 Å². The maximum atomic E-state index is 6.08. The lowest BCUT2D eigenvalue weighted by Crippen LogP contribution is -2.28. The molecule has 0 aliphatic heterocycles. The van der Waals surface area contributed by atoms with Gasteiger partial charge < -0.3 is 5.73 Å². The second kappa shape index (κ2) is 5.28. The summed E-state index contributed by atoms with van der Waals surface area (Å²) in [6.45, 7) is 4.35. The monoisotopic (exact) mass is 238 g/mol. The lowest BCUT2D eigenvalue weighted by molar-refractivity contribution is 0.486. The number of rotatable bonds is 4. The first-order chi connectivity index (χ1) is 7.66. The molecule has 0 bridgehead atoms. The first-order valence-electron chi connectivity index (χ1n) is 6.36. The summed E-state index contributed by atoms with van der Waals surface area (Å²) in [5, 5.41) is 3.55. The van der Waals surface area contributed by atoms with Crippen LogP contribution in [0.2, 0.25) is 0 Å². The fourth-order valence-electron chi connectivity index (χ4n) is 2.25. The number of aromatic nitrogens is 1. The molecule has 1 aliphatic carbocycles. The number of hydrogen-bond acceptors (Lipinski definition) is 3. The third kappa shape index (κ3) is 2.83. The molecule has 2 N–H and O–H groups in total. The summed E-state index contributed by atoms with van der Waals surface area (Å²) in [5.74, 6) is 1.28. The molecular formula is C13H22N2S. The highest BCUT2D eigenvalue weighted by atomic mass is 32.1. The molecule has 0 aromatic carbocycles. The standard InChI is InChI=1S/C13H22N2S/c1-9(2)12(14)7-11-8-16-13(15-11)10-5-3-4-6-10/h8-10,12H,3-7,14H2,1-2H3. The topological polar surface area (TPSA) is 38.9 Å². The molecule has 0 radical (unpaired) electrons. The molecule has 3 heteroatoms. The molecule has 0 saturated heterocycles. The minimum absolute atomic E-state index is 0.249. The highest BCUT2D eigenvalue weighted by Gasteiger charge is 2.20. The Kier molecular flexibility index (Phi) is 3.98. The predicted molar refractivity (Wildman–Crippen MR) is 69.8 cm³/mol. The summed E-state index contributed by atoms with van der Waals surface area (Å²) >= 11 is 1.83. The molecule has 1 aliphatic rings. The van der Waals surface area contributed by atoms with Crippen LogP contribution in [0.25, 0.3) is 0 Å². The van der Waals surface area contributed by atoms with E-state index in [4.69, 9.17) is 10.7 Å². The summed E-state index contributed by atoms with van der Waals surface area (Å²) < 4.78 is 0. The van der Waals surface area contributed by atoms with Gasteiger partial charge in [0.1, 0.15) is 0 Å². The van der Waals surface area contributed by atoms with Crippen LogP contribution in [0, 0.1) is 5.92 Å². The van der Waals surface area contributed by atoms with E-state index >= 15 is 0 Å². The molecule has 2 rings (SSSR count). The van der Waals surface area contributed by atoms with E-state index in [1.807, 2.05) is 11.3 Å². The minimum atomic E-state index is 0.249. The van der Waals surface area contributed by atoms with E-state index in [2.05, 4.69) is 19.2 Å². The Hall–Kier alpha value is -0.410. The molecule has 1 saturated carbocycles. The van der Waals surface area contributed by atoms with Gasteiger partial charge in [-0.05, 0) is 18.8 Å². The zero-order valence-corrected chi connectivity index (χ0v) is 11.1. The van der Waals surface area contributed by atoms with E-state index in [1.165, 1.54) is 36.4 Å². The highest BCUT2D eigenvalue weighted by Crippen LogP contribution is 2.35. The maximum absolute atomic E-state index is 6.08. The van der Waals surface area contributed by atoms with Gasteiger partial charge in [-0.1, -0.05) is 26.7 Å². The molecule has 1 unspecified atom stereocenters. The van der Waals surface area contributed by atoms with E-state index < -0.39 is 0 Å². The molecule has 1 aromatic heterocycles. The molecule has 0 spiro atoms. The second-order valence-corrected chi connectivity index (χ2v) is 6.16. The minimum Gasteiger partial charge on any atom is -0.327 e. The van der Waals surface area contributed by atoms with Crippen molar-refractivity contribution in [1.29, 1.82) is 0 Å². The van der Waals surface area contributed by atoms with E-state index in [1.54, 1.807) is 0 Å². The van der Waals surface area contributed by atoms with Gasteiger partial charge in [-0.3, -0.25) is 0 Å². The van der Waals surface area contributed by atoms with Gasteiger partial charge in [-0.15, -0.1) is 11.3 Å². The lowest BCUT2D eigenvalue weighted by atomic mass is 10.0. The Morgan fingerprint density at radius 1 is 1.44 bits per heavy atom. The molecule has 2 nitrogen and oxygen atoms in total. The summed E-state index contributed by atoms with van der Waals surface area (Å²) in [6, 6.07) is 0.249. The van der Waals surface area contributed by atoms with Crippen molar-refractivity contribution < 1.29 is 0 Å². The largest absolute Gasteiger partial charge is 0.327 e. The van der Waals surface area contributed by atoms with Gasteiger partial charge in [0, 0.05) is 23.8 Å². The Balaban J connectivity index is 1.96. The fourth-order valence-corrected chi connectivity index (χ4v) is 3.26. The fraction of sp³-hybridized carbons (Fsp3) is 0.769. The first kappa shape index (κ1) is 12.1. The Morgan fingerprint density at radius 3 is 2.75 bits per heavy atom. The van der Waals surface area contributed by atoms with Crippen molar-refractivity contribution in [2.24, 2.45) is 11.7 Å². The van der Waals surface area contributed by atoms with Crippen molar-refractivity contribution in [3.05, 3.63) is 16.1 Å². The average Bonchev–Trinajstić information content (AvgIpc) is 2.85. The van der Waals surface area contributed by atoms with Crippen LogP contribution >= 0.6 is 11.3 Å². The molecule has 1 fully saturated rings. The van der Waals surface area contributed by atoms with Crippen LogP contribution in [0.4, 0.5) is 0 Å². The summed E-state index contributed by atoms with van der Waals surface area (Å²) in [7, 11) is 0. The number of nitrogens with zero attached hydrogens (tertiary/aromatic N) is 1. The average molecular weight is 238 g/mol. The zero-order valence-electron chi connectivity index (χ0n) is 10.3. The van der Waals surface area contributed by atoms with Gasteiger partial charge in [0.05, 0.1) is 10.7 Å². The van der Waals surface area contributed by atoms with Gasteiger partial charge in [-0.2, -0.15) is 0 Å². The second-order valence-electron chi connectivity index (χ2n) is 5.27. The Bertz CT molecular complexity index is 326. The third-order valence-corrected chi connectivity index (χ3v) is 4.63. The quantitative estimate of drug-likeness (QED) is 0.874. The Labute approximate surface area is 102 Å². The maximum Gasteiger partial charge on any atom is 0.0959 e. The van der Waals surface area contributed by atoms with Crippen molar-refractivity contribution >= 4 is 11.3 Å². The van der Waals surface area contributed by atoms with Crippen LogP contribution in [0.15, 0.2) is 5.38 Å². The van der Waals surface area contributed by atoms with Crippen LogP contribution in [0.1, 0.15) is 56.2 Å². The molecule has 16 heavy (non-hydrogen) atoms. The molecule has 1 aromatic rings.